The quantitative estimate of drug-likeness (QED) is 0.575. The number of carbonyl (C=O) groups is 1. The van der Waals surface area contributed by atoms with Crippen molar-refractivity contribution in [1.82, 2.24) is 0 Å². The van der Waals surface area contributed by atoms with Gasteiger partial charge in [-0.05, 0) is 10.9 Å². The third-order valence-corrected chi connectivity index (χ3v) is 2.56. The zero-order valence-electron chi connectivity index (χ0n) is 5.84. The molecule has 1 saturated heterocycles. The van der Waals surface area contributed by atoms with Gasteiger partial charge in [0.1, 0.15) is 0 Å². The van der Waals surface area contributed by atoms with E-state index in [-0.39, 0.29) is 5.97 Å². The first-order valence-electron chi connectivity index (χ1n) is 3.51. The Hall–Kier alpha value is -0.570. The van der Waals surface area contributed by atoms with Crippen LogP contribution >= 0.6 is 15.9 Å². The van der Waals surface area contributed by atoms with Crippen LogP contribution in [0.15, 0.2) is 22.2 Å². The molecule has 0 aromatic carbocycles. The van der Waals surface area contributed by atoms with Crippen LogP contribution in [0, 0.1) is 5.92 Å². The Kier molecular flexibility index (Phi) is 1.60. The lowest BCUT2D eigenvalue weighted by Gasteiger charge is -2.10. The molecule has 3 heteroatoms. The predicted octanol–water partition coefficient (Wildman–Crippen LogP) is 1.77. The van der Waals surface area contributed by atoms with Crippen LogP contribution in [0.3, 0.4) is 0 Å². The molecule has 2 rings (SSSR count). The largest absolute Gasteiger partial charge is 0.462 e. The third kappa shape index (κ3) is 1.13. The number of carbonyl (C=O) groups excluding carboxylic acids is 1. The molecule has 0 bridgehead atoms. The van der Waals surface area contributed by atoms with E-state index in [0.717, 1.165) is 16.5 Å². The number of halogens is 1. The molecule has 1 heterocycles. The Labute approximate surface area is 73.0 Å². The van der Waals surface area contributed by atoms with Gasteiger partial charge in [-0.2, -0.15) is 0 Å². The summed E-state index contributed by atoms with van der Waals surface area (Å²) in [6, 6.07) is 0. The molecule has 58 valence electrons. The van der Waals surface area contributed by atoms with Gasteiger partial charge >= 0.3 is 5.97 Å². The SMILES string of the molecule is O=C1OCC2CC(Br)=CC=C12. The van der Waals surface area contributed by atoms with E-state index in [9.17, 15) is 4.79 Å². The number of rotatable bonds is 0. The van der Waals surface area contributed by atoms with E-state index in [0.29, 0.717) is 12.5 Å². The molecular formula is C8H7BrO2. The number of ether oxygens (including phenoxy) is 1. The Bertz CT molecular complexity index is 265. The molecule has 0 aromatic heterocycles. The van der Waals surface area contributed by atoms with Crippen molar-refractivity contribution in [2.75, 3.05) is 6.61 Å². The molecule has 1 aliphatic heterocycles. The number of hydrogen-bond acceptors (Lipinski definition) is 2. The van der Waals surface area contributed by atoms with Crippen molar-refractivity contribution in [2.24, 2.45) is 5.92 Å². The highest BCUT2D eigenvalue weighted by molar-refractivity contribution is 9.11. The van der Waals surface area contributed by atoms with Crippen LogP contribution in [0.5, 0.6) is 0 Å². The number of cyclic esters (lactones) is 1. The van der Waals surface area contributed by atoms with Crippen LogP contribution in [-0.4, -0.2) is 12.6 Å². The smallest absolute Gasteiger partial charge is 0.334 e. The summed E-state index contributed by atoms with van der Waals surface area (Å²) in [5, 5.41) is 0. The van der Waals surface area contributed by atoms with Gasteiger partial charge in [0.05, 0.1) is 6.61 Å². The molecule has 0 amide bonds. The van der Waals surface area contributed by atoms with Crippen molar-refractivity contribution >= 4 is 21.9 Å². The topological polar surface area (TPSA) is 26.3 Å². The molecule has 1 aliphatic carbocycles. The number of fused-ring (bicyclic) bond motifs is 1. The summed E-state index contributed by atoms with van der Waals surface area (Å²) in [5.74, 6) is 0.146. The van der Waals surface area contributed by atoms with Gasteiger partial charge in [0.25, 0.3) is 0 Å². The van der Waals surface area contributed by atoms with Gasteiger partial charge in [-0.15, -0.1) is 0 Å². The number of allylic oxidation sites excluding steroid dienone is 3. The van der Waals surface area contributed by atoms with Crippen molar-refractivity contribution in [2.45, 2.75) is 6.42 Å². The molecule has 11 heavy (non-hydrogen) atoms. The van der Waals surface area contributed by atoms with Gasteiger partial charge in [0.2, 0.25) is 0 Å². The maximum atomic E-state index is 11.0. The number of esters is 1. The minimum atomic E-state index is -0.147. The summed E-state index contributed by atoms with van der Waals surface area (Å²) < 4.78 is 6.03. The van der Waals surface area contributed by atoms with Gasteiger partial charge < -0.3 is 4.74 Å². The maximum absolute atomic E-state index is 11.0. The molecule has 2 aliphatic rings. The first kappa shape index (κ1) is 7.10. The lowest BCUT2D eigenvalue weighted by atomic mass is 9.94. The monoisotopic (exact) mass is 214 g/mol. The van der Waals surface area contributed by atoms with Crippen molar-refractivity contribution in [1.29, 1.82) is 0 Å². The van der Waals surface area contributed by atoms with Gasteiger partial charge in [0, 0.05) is 11.5 Å². The van der Waals surface area contributed by atoms with Crippen LogP contribution in [0.2, 0.25) is 0 Å². The maximum Gasteiger partial charge on any atom is 0.334 e. The van der Waals surface area contributed by atoms with E-state index >= 15 is 0 Å². The van der Waals surface area contributed by atoms with E-state index < -0.39 is 0 Å². The molecular weight excluding hydrogens is 208 g/mol. The van der Waals surface area contributed by atoms with E-state index in [1.807, 2.05) is 12.2 Å². The van der Waals surface area contributed by atoms with Gasteiger partial charge in [-0.1, -0.05) is 28.1 Å². The van der Waals surface area contributed by atoms with Crippen LogP contribution < -0.4 is 0 Å². The molecule has 0 saturated carbocycles. The average Bonchev–Trinajstić information content (AvgIpc) is 2.32. The van der Waals surface area contributed by atoms with E-state index in [2.05, 4.69) is 15.9 Å². The van der Waals surface area contributed by atoms with E-state index in [1.54, 1.807) is 0 Å². The summed E-state index contributed by atoms with van der Waals surface area (Å²) in [7, 11) is 0. The van der Waals surface area contributed by atoms with Crippen LogP contribution in [0.1, 0.15) is 6.42 Å². The Morgan fingerprint density at radius 1 is 1.55 bits per heavy atom. The van der Waals surface area contributed by atoms with Crippen molar-refractivity contribution in [3.8, 4) is 0 Å². The summed E-state index contributed by atoms with van der Waals surface area (Å²) in [6.07, 6.45) is 4.66. The second kappa shape index (κ2) is 2.48. The zero-order valence-corrected chi connectivity index (χ0v) is 7.43. The molecule has 2 nitrogen and oxygen atoms in total. The molecule has 1 atom stereocenters. The average molecular weight is 215 g/mol. The van der Waals surface area contributed by atoms with Crippen molar-refractivity contribution < 1.29 is 9.53 Å². The van der Waals surface area contributed by atoms with Crippen LogP contribution in [-0.2, 0) is 9.53 Å². The fraction of sp³-hybridized carbons (Fsp3) is 0.375. The lowest BCUT2D eigenvalue weighted by molar-refractivity contribution is -0.135. The normalized spacial score (nSPS) is 28.8. The fourth-order valence-electron chi connectivity index (χ4n) is 1.37. The highest BCUT2D eigenvalue weighted by Gasteiger charge is 2.31. The molecule has 0 radical (unpaired) electrons. The highest BCUT2D eigenvalue weighted by atomic mass is 79.9. The second-order valence-electron chi connectivity index (χ2n) is 2.74. The van der Waals surface area contributed by atoms with Crippen molar-refractivity contribution in [3.63, 3.8) is 0 Å². The minimum absolute atomic E-state index is 0.147. The molecule has 1 fully saturated rings. The second-order valence-corrected chi connectivity index (χ2v) is 3.75. The summed E-state index contributed by atoms with van der Waals surface area (Å²) in [4.78, 5) is 11.0. The van der Waals surface area contributed by atoms with Crippen molar-refractivity contribution in [3.05, 3.63) is 22.2 Å². The van der Waals surface area contributed by atoms with Gasteiger partial charge in [0.15, 0.2) is 0 Å². The molecule has 1 unspecified atom stereocenters. The first-order valence-corrected chi connectivity index (χ1v) is 4.30. The summed E-state index contributed by atoms with van der Waals surface area (Å²) >= 11 is 3.39. The van der Waals surface area contributed by atoms with Gasteiger partial charge in [-0.25, -0.2) is 4.79 Å². The van der Waals surface area contributed by atoms with E-state index in [1.165, 1.54) is 0 Å². The van der Waals surface area contributed by atoms with Crippen LogP contribution in [0.4, 0.5) is 0 Å². The first-order chi connectivity index (χ1) is 5.27. The fourth-order valence-corrected chi connectivity index (χ4v) is 1.90. The number of hydrogen-bond donors (Lipinski definition) is 0. The Morgan fingerprint density at radius 2 is 2.36 bits per heavy atom. The van der Waals surface area contributed by atoms with Crippen LogP contribution in [0.25, 0.3) is 0 Å². The Morgan fingerprint density at radius 3 is 3.18 bits per heavy atom. The molecule has 0 aromatic rings. The minimum Gasteiger partial charge on any atom is -0.462 e. The molecule has 0 spiro atoms. The predicted molar refractivity (Wildman–Crippen MR) is 44.2 cm³/mol. The summed E-state index contributed by atoms with van der Waals surface area (Å²) in [5.41, 5.74) is 0.827. The lowest BCUT2D eigenvalue weighted by Crippen LogP contribution is -2.06. The highest BCUT2D eigenvalue weighted by Crippen LogP contribution is 2.33. The standard InChI is InChI=1S/C8H7BrO2/c9-6-1-2-7-5(3-6)4-11-8(7)10/h1-2,5H,3-4H2. The molecule has 0 N–H and O–H groups in total. The zero-order chi connectivity index (χ0) is 7.84. The Balaban J connectivity index is 2.32. The summed E-state index contributed by atoms with van der Waals surface area (Å²) in [6.45, 7) is 0.549. The van der Waals surface area contributed by atoms with E-state index in [4.69, 9.17) is 4.74 Å². The van der Waals surface area contributed by atoms with Gasteiger partial charge in [-0.3, -0.25) is 0 Å². The third-order valence-electron chi connectivity index (χ3n) is 1.98.